The first-order valence-corrected chi connectivity index (χ1v) is 6.53. The van der Waals surface area contributed by atoms with Gasteiger partial charge in [0.25, 0.3) is 0 Å². The molecule has 0 bridgehead atoms. The van der Waals surface area contributed by atoms with Crippen LogP contribution in [0.3, 0.4) is 0 Å². The van der Waals surface area contributed by atoms with Gasteiger partial charge in [-0.25, -0.2) is 14.9 Å². The van der Waals surface area contributed by atoms with Crippen molar-refractivity contribution in [1.29, 1.82) is 0 Å². The number of hydrogen-bond donors (Lipinski definition) is 2. The van der Waals surface area contributed by atoms with Crippen LogP contribution in [0.1, 0.15) is 24.4 Å². The maximum atomic E-state index is 11.6. The van der Waals surface area contributed by atoms with Crippen molar-refractivity contribution in [3.05, 3.63) is 28.3 Å². The molecule has 0 amide bonds. The summed E-state index contributed by atoms with van der Waals surface area (Å²) in [7, 11) is 0. The maximum Gasteiger partial charge on any atom is 0.344 e. The average molecular weight is 263 g/mol. The Morgan fingerprint density at radius 2 is 2.33 bits per heavy atom. The minimum Gasteiger partial charge on any atom is -0.397 e. The number of aryl methyl sites for hydroxylation is 1. The first-order chi connectivity index (χ1) is 8.65. The van der Waals surface area contributed by atoms with Crippen molar-refractivity contribution in [3.8, 4) is 0 Å². The van der Waals surface area contributed by atoms with Crippen LogP contribution in [0.2, 0.25) is 0 Å². The van der Waals surface area contributed by atoms with Crippen LogP contribution in [0.25, 0.3) is 0 Å². The molecule has 3 rings (SSSR count). The van der Waals surface area contributed by atoms with Gasteiger partial charge in [0.15, 0.2) is 5.16 Å². The number of anilines is 1. The number of nitrogens with one attached hydrogen (secondary N) is 1. The van der Waals surface area contributed by atoms with Gasteiger partial charge >= 0.3 is 5.69 Å². The second-order valence-corrected chi connectivity index (χ2v) is 5.38. The Bertz CT molecular complexity index is 643. The van der Waals surface area contributed by atoms with Gasteiger partial charge in [0.2, 0.25) is 0 Å². The third-order valence-corrected chi connectivity index (χ3v) is 3.81. The predicted molar refractivity (Wildman–Crippen MR) is 68.6 cm³/mol. The summed E-state index contributed by atoms with van der Waals surface area (Å²) < 4.78 is 1.71. The molecule has 7 heteroatoms. The van der Waals surface area contributed by atoms with Gasteiger partial charge in [-0.15, -0.1) is 5.10 Å². The lowest BCUT2D eigenvalue weighted by molar-refractivity contribution is 0.642. The molecular formula is C11H13N5OS. The molecule has 1 fully saturated rings. The van der Waals surface area contributed by atoms with E-state index in [2.05, 4.69) is 15.2 Å². The number of pyridine rings is 1. The molecule has 0 radical (unpaired) electrons. The van der Waals surface area contributed by atoms with Crippen molar-refractivity contribution < 1.29 is 0 Å². The van der Waals surface area contributed by atoms with E-state index in [4.69, 9.17) is 5.73 Å². The Kier molecular flexibility index (Phi) is 2.62. The van der Waals surface area contributed by atoms with Crippen molar-refractivity contribution in [3.63, 3.8) is 0 Å². The molecule has 2 heterocycles. The minimum atomic E-state index is -0.146. The monoisotopic (exact) mass is 263 g/mol. The third kappa shape index (κ3) is 2.01. The number of H-pyrrole nitrogens is 1. The smallest absolute Gasteiger partial charge is 0.344 e. The zero-order valence-electron chi connectivity index (χ0n) is 9.88. The Labute approximate surface area is 108 Å². The summed E-state index contributed by atoms with van der Waals surface area (Å²) in [4.78, 5) is 15.9. The Morgan fingerprint density at radius 1 is 1.56 bits per heavy atom. The van der Waals surface area contributed by atoms with E-state index in [-0.39, 0.29) is 5.69 Å². The Hall–Kier alpha value is -1.76. The van der Waals surface area contributed by atoms with Crippen LogP contribution in [0.4, 0.5) is 5.69 Å². The highest BCUT2D eigenvalue weighted by Gasteiger charge is 2.28. The molecule has 1 aliphatic rings. The lowest BCUT2D eigenvalue weighted by Gasteiger charge is -2.04. The fourth-order valence-corrected chi connectivity index (χ4v) is 2.66. The van der Waals surface area contributed by atoms with Crippen LogP contribution in [-0.2, 0) is 0 Å². The summed E-state index contributed by atoms with van der Waals surface area (Å²) in [6, 6.07) is 2.20. The molecule has 0 spiro atoms. The second kappa shape index (κ2) is 4.16. The summed E-state index contributed by atoms with van der Waals surface area (Å²) in [6.45, 7) is 1.93. The molecule has 0 aliphatic heterocycles. The number of aromatic nitrogens is 4. The number of aromatic amines is 1. The Morgan fingerprint density at radius 3 is 3.00 bits per heavy atom. The normalized spacial score (nSPS) is 14.9. The van der Waals surface area contributed by atoms with E-state index in [0.29, 0.717) is 16.9 Å². The van der Waals surface area contributed by atoms with Crippen LogP contribution in [0.5, 0.6) is 0 Å². The van der Waals surface area contributed by atoms with Gasteiger partial charge < -0.3 is 5.73 Å². The van der Waals surface area contributed by atoms with E-state index in [0.717, 1.165) is 23.4 Å². The number of rotatable bonds is 3. The van der Waals surface area contributed by atoms with Crippen molar-refractivity contribution in [2.75, 3.05) is 5.73 Å². The quantitative estimate of drug-likeness (QED) is 0.872. The first kappa shape index (κ1) is 11.3. The summed E-state index contributed by atoms with van der Waals surface area (Å²) >= 11 is 1.38. The van der Waals surface area contributed by atoms with Gasteiger partial charge in [0.05, 0.1) is 11.9 Å². The molecule has 94 valence electrons. The fourth-order valence-electron chi connectivity index (χ4n) is 1.71. The fraction of sp³-hybridized carbons (Fsp3) is 0.364. The molecule has 1 saturated carbocycles. The van der Waals surface area contributed by atoms with Crippen molar-refractivity contribution in [2.24, 2.45) is 0 Å². The van der Waals surface area contributed by atoms with Crippen LogP contribution in [0, 0.1) is 6.92 Å². The van der Waals surface area contributed by atoms with E-state index in [9.17, 15) is 4.79 Å². The first-order valence-electron chi connectivity index (χ1n) is 5.72. The third-order valence-electron chi connectivity index (χ3n) is 2.91. The average Bonchev–Trinajstić information content (AvgIpc) is 3.10. The number of nitrogen functional groups attached to an aromatic ring is 1. The van der Waals surface area contributed by atoms with E-state index in [1.54, 1.807) is 10.8 Å². The minimum absolute atomic E-state index is 0.146. The van der Waals surface area contributed by atoms with Crippen LogP contribution < -0.4 is 11.4 Å². The van der Waals surface area contributed by atoms with Gasteiger partial charge in [0, 0.05) is 6.04 Å². The molecule has 0 aromatic carbocycles. The highest BCUT2D eigenvalue weighted by Crippen LogP contribution is 2.37. The number of nitrogens with zero attached hydrogens (tertiary/aromatic N) is 3. The standard InChI is InChI=1S/C11H13N5OS/c1-6-4-9(13-5-8(6)12)18-11-15-14-10(17)16(11)7-2-3-7/h4-5,7H,2-3,12H2,1H3,(H,14,17). The summed E-state index contributed by atoms with van der Waals surface area (Å²) in [5.74, 6) is 0. The zero-order valence-corrected chi connectivity index (χ0v) is 10.7. The Balaban J connectivity index is 1.92. The van der Waals surface area contributed by atoms with Gasteiger partial charge in [-0.3, -0.25) is 4.57 Å². The molecule has 0 atom stereocenters. The van der Waals surface area contributed by atoms with Gasteiger partial charge in [-0.2, -0.15) is 0 Å². The van der Waals surface area contributed by atoms with Gasteiger partial charge in [0.1, 0.15) is 5.03 Å². The molecule has 2 aromatic heterocycles. The lowest BCUT2D eigenvalue weighted by Crippen LogP contribution is -2.16. The van der Waals surface area contributed by atoms with E-state index < -0.39 is 0 Å². The molecule has 0 unspecified atom stereocenters. The highest BCUT2D eigenvalue weighted by molar-refractivity contribution is 7.99. The maximum absolute atomic E-state index is 11.6. The molecular weight excluding hydrogens is 250 g/mol. The van der Waals surface area contributed by atoms with Crippen LogP contribution in [0.15, 0.2) is 27.2 Å². The van der Waals surface area contributed by atoms with E-state index in [1.807, 2.05) is 13.0 Å². The van der Waals surface area contributed by atoms with Crippen molar-refractivity contribution in [1.82, 2.24) is 19.7 Å². The van der Waals surface area contributed by atoms with E-state index >= 15 is 0 Å². The van der Waals surface area contributed by atoms with Gasteiger partial charge in [-0.1, -0.05) is 0 Å². The second-order valence-electron chi connectivity index (χ2n) is 4.39. The van der Waals surface area contributed by atoms with Crippen molar-refractivity contribution >= 4 is 17.4 Å². The molecule has 6 nitrogen and oxygen atoms in total. The summed E-state index contributed by atoms with van der Waals surface area (Å²) in [6.07, 6.45) is 3.71. The lowest BCUT2D eigenvalue weighted by atomic mass is 10.3. The molecule has 0 saturated heterocycles. The number of nitrogens with two attached hydrogens (primary N) is 1. The highest BCUT2D eigenvalue weighted by atomic mass is 32.2. The summed E-state index contributed by atoms with van der Waals surface area (Å²) in [5, 5.41) is 7.99. The number of hydrogen-bond acceptors (Lipinski definition) is 5. The summed E-state index contributed by atoms with van der Waals surface area (Å²) in [5.41, 5.74) is 7.22. The molecule has 18 heavy (non-hydrogen) atoms. The predicted octanol–water partition coefficient (Wildman–Crippen LogP) is 1.34. The van der Waals surface area contributed by atoms with Crippen LogP contribution in [-0.4, -0.2) is 19.7 Å². The zero-order chi connectivity index (χ0) is 12.7. The van der Waals surface area contributed by atoms with E-state index in [1.165, 1.54) is 11.8 Å². The molecule has 1 aliphatic carbocycles. The molecule has 3 N–H and O–H groups in total. The topological polar surface area (TPSA) is 89.6 Å². The SMILES string of the molecule is Cc1cc(Sc2n[nH]c(=O)n2C2CC2)ncc1N. The molecule has 2 aromatic rings. The van der Waals surface area contributed by atoms with Crippen molar-refractivity contribution in [2.45, 2.75) is 36.0 Å². The van der Waals surface area contributed by atoms with Crippen LogP contribution >= 0.6 is 11.8 Å². The largest absolute Gasteiger partial charge is 0.397 e. The van der Waals surface area contributed by atoms with Gasteiger partial charge in [-0.05, 0) is 43.2 Å².